The summed E-state index contributed by atoms with van der Waals surface area (Å²) in [6.07, 6.45) is 4.45. The Kier molecular flexibility index (Phi) is 5.49. The normalized spacial score (nSPS) is 12.4. The summed E-state index contributed by atoms with van der Waals surface area (Å²) in [5.74, 6) is 5.43. The first-order valence-electron chi connectivity index (χ1n) is 8.29. The molecule has 5 heteroatoms. The van der Waals surface area contributed by atoms with Crippen LogP contribution in [0.1, 0.15) is 27.0 Å². The zero-order valence-corrected chi connectivity index (χ0v) is 15.9. The van der Waals surface area contributed by atoms with Crippen molar-refractivity contribution in [2.75, 3.05) is 6.26 Å². The molecule has 2 aromatic carbocycles. The molecule has 0 unspecified atom stereocenters. The molecule has 0 radical (unpaired) electrons. The van der Waals surface area contributed by atoms with Crippen LogP contribution in [-0.4, -0.2) is 21.4 Å². The Hall–Kier alpha value is -3.23. The van der Waals surface area contributed by atoms with Gasteiger partial charge in [0.25, 0.3) is 5.91 Å². The van der Waals surface area contributed by atoms with Gasteiger partial charge in [0.05, 0.1) is 15.3 Å². The van der Waals surface area contributed by atoms with Crippen molar-refractivity contribution in [3.8, 4) is 11.8 Å². The summed E-state index contributed by atoms with van der Waals surface area (Å²) in [5.41, 5.74) is 2.78. The van der Waals surface area contributed by atoms with Crippen molar-refractivity contribution >= 4 is 15.6 Å². The molecule has 0 bridgehead atoms. The number of pyridine rings is 1. The van der Waals surface area contributed by atoms with E-state index in [0.717, 1.165) is 11.1 Å². The number of hydrogen-bond donors (Lipinski definition) is 0. The fraction of sp³-hybridized carbons (Fsp3) is 0.0909. The predicted octanol–water partition coefficient (Wildman–Crippen LogP) is 4.09. The molecule has 0 aliphatic heterocycles. The zero-order valence-electron chi connectivity index (χ0n) is 15.0. The summed E-state index contributed by atoms with van der Waals surface area (Å²) in [4.78, 5) is 17.1. The minimum atomic E-state index is -2.83. The van der Waals surface area contributed by atoms with Crippen molar-refractivity contribution in [3.63, 3.8) is 0 Å². The fourth-order valence-electron chi connectivity index (χ4n) is 2.35. The number of amides is 1. The standard InChI is InChI=1S/C22H18N2O2S/c1-17-8-12-21(13-9-17)27(2,26)24-22(25)20-14-19(15-23-16-20)11-10-18-6-4-3-5-7-18/h3-9,12-16H,1-2H3/t27-/m0/s1. The van der Waals surface area contributed by atoms with E-state index < -0.39 is 15.6 Å². The molecular weight excluding hydrogens is 356 g/mol. The molecule has 3 aromatic rings. The van der Waals surface area contributed by atoms with Crippen molar-refractivity contribution in [1.82, 2.24) is 4.98 Å². The third-order valence-corrected chi connectivity index (χ3v) is 5.49. The van der Waals surface area contributed by atoms with Crippen LogP contribution in [0.2, 0.25) is 0 Å². The van der Waals surface area contributed by atoms with Crippen LogP contribution in [0.3, 0.4) is 0 Å². The molecule has 4 nitrogen and oxygen atoms in total. The van der Waals surface area contributed by atoms with Crippen LogP contribution in [0.25, 0.3) is 0 Å². The number of aromatic nitrogens is 1. The molecule has 3 rings (SSSR count). The van der Waals surface area contributed by atoms with Crippen molar-refractivity contribution in [2.24, 2.45) is 4.36 Å². The fourth-order valence-corrected chi connectivity index (χ4v) is 3.51. The maximum Gasteiger partial charge on any atom is 0.286 e. The van der Waals surface area contributed by atoms with E-state index in [1.54, 1.807) is 24.4 Å². The van der Waals surface area contributed by atoms with Crippen LogP contribution < -0.4 is 0 Å². The lowest BCUT2D eigenvalue weighted by molar-refractivity contribution is 0.100. The molecular formula is C22H18N2O2S. The summed E-state index contributed by atoms with van der Waals surface area (Å²) in [7, 11) is -2.83. The number of carbonyl (C=O) groups excluding carboxylic acids is 1. The SMILES string of the molecule is Cc1ccc([S@](C)(=O)=NC(=O)c2cncc(C#Cc3ccccc3)c2)cc1. The van der Waals surface area contributed by atoms with Gasteiger partial charge in [0.1, 0.15) is 0 Å². The van der Waals surface area contributed by atoms with Gasteiger partial charge in [-0.05, 0) is 37.3 Å². The topological polar surface area (TPSA) is 59.4 Å². The summed E-state index contributed by atoms with van der Waals surface area (Å²) < 4.78 is 16.8. The summed E-state index contributed by atoms with van der Waals surface area (Å²) in [5, 5.41) is 0. The molecule has 0 saturated carbocycles. The lowest BCUT2D eigenvalue weighted by atomic mass is 10.2. The minimum Gasteiger partial charge on any atom is -0.266 e. The number of nitrogens with zero attached hydrogens (tertiary/aromatic N) is 2. The van der Waals surface area contributed by atoms with Crippen LogP contribution in [0.4, 0.5) is 0 Å². The third kappa shape index (κ3) is 4.90. The molecule has 0 saturated heterocycles. The average molecular weight is 374 g/mol. The minimum absolute atomic E-state index is 0.261. The molecule has 27 heavy (non-hydrogen) atoms. The Morgan fingerprint density at radius 2 is 1.63 bits per heavy atom. The monoisotopic (exact) mass is 374 g/mol. The Bertz CT molecular complexity index is 1150. The second-order valence-electron chi connectivity index (χ2n) is 6.09. The van der Waals surface area contributed by atoms with Crippen LogP contribution in [0.15, 0.2) is 82.3 Å². The van der Waals surface area contributed by atoms with E-state index in [4.69, 9.17) is 0 Å². The summed E-state index contributed by atoms with van der Waals surface area (Å²) >= 11 is 0. The zero-order chi connectivity index (χ0) is 19.3. The lowest BCUT2D eigenvalue weighted by Gasteiger charge is -2.04. The van der Waals surface area contributed by atoms with Gasteiger partial charge in [0, 0.05) is 34.7 Å². The second-order valence-corrected chi connectivity index (χ2v) is 8.35. The van der Waals surface area contributed by atoms with E-state index >= 15 is 0 Å². The second kappa shape index (κ2) is 7.98. The van der Waals surface area contributed by atoms with Crippen molar-refractivity contribution in [3.05, 3.63) is 95.3 Å². The maximum atomic E-state index is 12.8. The number of rotatable bonds is 2. The van der Waals surface area contributed by atoms with Gasteiger partial charge in [-0.1, -0.05) is 47.7 Å². The predicted molar refractivity (Wildman–Crippen MR) is 107 cm³/mol. The van der Waals surface area contributed by atoms with Gasteiger partial charge in [-0.15, -0.1) is 0 Å². The summed E-state index contributed by atoms with van der Waals surface area (Å²) in [6, 6.07) is 18.3. The molecule has 0 fully saturated rings. The quantitative estimate of drug-likeness (QED) is 0.635. The lowest BCUT2D eigenvalue weighted by Crippen LogP contribution is -2.04. The highest BCUT2D eigenvalue weighted by molar-refractivity contribution is 7.93. The first-order chi connectivity index (χ1) is 12.9. The first-order valence-corrected chi connectivity index (χ1v) is 10.2. The van der Waals surface area contributed by atoms with Crippen LogP contribution >= 0.6 is 0 Å². The molecule has 134 valence electrons. The van der Waals surface area contributed by atoms with Crippen molar-refractivity contribution < 1.29 is 9.00 Å². The van der Waals surface area contributed by atoms with Crippen molar-refractivity contribution in [2.45, 2.75) is 11.8 Å². The Balaban J connectivity index is 1.88. The van der Waals surface area contributed by atoms with E-state index in [-0.39, 0.29) is 5.56 Å². The number of hydrogen-bond acceptors (Lipinski definition) is 3. The van der Waals surface area contributed by atoms with Crippen LogP contribution in [0, 0.1) is 18.8 Å². The van der Waals surface area contributed by atoms with Gasteiger partial charge in [-0.2, -0.15) is 4.36 Å². The van der Waals surface area contributed by atoms with E-state index in [2.05, 4.69) is 21.2 Å². The van der Waals surface area contributed by atoms with Gasteiger partial charge in [-0.3, -0.25) is 9.78 Å². The van der Waals surface area contributed by atoms with E-state index in [1.807, 2.05) is 49.4 Å². The van der Waals surface area contributed by atoms with Gasteiger partial charge in [0.2, 0.25) is 0 Å². The average Bonchev–Trinajstić information content (AvgIpc) is 2.67. The Morgan fingerprint density at radius 1 is 0.963 bits per heavy atom. The van der Waals surface area contributed by atoms with E-state index in [9.17, 15) is 9.00 Å². The molecule has 1 aromatic heterocycles. The highest BCUT2D eigenvalue weighted by Gasteiger charge is 2.12. The number of carbonyl (C=O) groups is 1. The molecule has 1 atom stereocenters. The molecule has 1 amide bonds. The van der Waals surface area contributed by atoms with Crippen LogP contribution in [0.5, 0.6) is 0 Å². The van der Waals surface area contributed by atoms with Gasteiger partial charge in [0.15, 0.2) is 0 Å². The largest absolute Gasteiger partial charge is 0.286 e. The van der Waals surface area contributed by atoms with Crippen LogP contribution in [-0.2, 0) is 9.73 Å². The summed E-state index contributed by atoms with van der Waals surface area (Å²) in [6.45, 7) is 1.94. The highest BCUT2D eigenvalue weighted by atomic mass is 32.2. The number of aryl methyl sites for hydroxylation is 1. The Labute approximate surface area is 159 Å². The Morgan fingerprint density at radius 3 is 2.33 bits per heavy atom. The van der Waals surface area contributed by atoms with E-state index in [1.165, 1.54) is 12.5 Å². The number of benzene rings is 2. The highest BCUT2D eigenvalue weighted by Crippen LogP contribution is 2.14. The first kappa shape index (κ1) is 18.6. The van der Waals surface area contributed by atoms with E-state index in [0.29, 0.717) is 10.5 Å². The molecule has 0 N–H and O–H groups in total. The third-order valence-electron chi connectivity index (χ3n) is 3.83. The van der Waals surface area contributed by atoms with Crippen molar-refractivity contribution in [1.29, 1.82) is 0 Å². The van der Waals surface area contributed by atoms with Gasteiger partial charge >= 0.3 is 0 Å². The van der Waals surface area contributed by atoms with Gasteiger partial charge < -0.3 is 0 Å². The molecule has 0 spiro atoms. The van der Waals surface area contributed by atoms with Gasteiger partial charge in [-0.25, -0.2) is 4.21 Å². The molecule has 0 aliphatic carbocycles. The smallest absolute Gasteiger partial charge is 0.266 e. The maximum absolute atomic E-state index is 12.8. The molecule has 0 aliphatic rings. The molecule has 1 heterocycles.